The van der Waals surface area contributed by atoms with Crippen molar-refractivity contribution in [2.45, 2.75) is 19.3 Å². The first-order chi connectivity index (χ1) is 11.6. The van der Waals surface area contributed by atoms with Gasteiger partial charge in [0.15, 0.2) is 6.61 Å². The zero-order valence-corrected chi connectivity index (χ0v) is 14.0. The molecule has 0 aromatic heterocycles. The number of halogens is 1. The van der Waals surface area contributed by atoms with Gasteiger partial charge in [-0.15, -0.1) is 0 Å². The molecule has 0 fully saturated rings. The SMILES string of the molecule is O=C(CCc1cccc(Cl)c1)OCC(=O)N1CCc2ccccc21. The maximum atomic E-state index is 12.3. The van der Waals surface area contributed by atoms with E-state index in [1.165, 1.54) is 0 Å². The van der Waals surface area contributed by atoms with E-state index in [9.17, 15) is 9.59 Å². The highest BCUT2D eigenvalue weighted by Gasteiger charge is 2.24. The van der Waals surface area contributed by atoms with Crippen LogP contribution in [0.15, 0.2) is 48.5 Å². The van der Waals surface area contributed by atoms with Crippen molar-refractivity contribution in [3.63, 3.8) is 0 Å². The monoisotopic (exact) mass is 343 g/mol. The molecule has 0 spiro atoms. The molecule has 0 atom stereocenters. The van der Waals surface area contributed by atoms with E-state index in [0.717, 1.165) is 23.2 Å². The van der Waals surface area contributed by atoms with Gasteiger partial charge in [0, 0.05) is 23.7 Å². The third-order valence-electron chi connectivity index (χ3n) is 4.05. The van der Waals surface area contributed by atoms with Crippen LogP contribution in [0, 0.1) is 0 Å². The number of aryl methyl sites for hydroxylation is 1. The first-order valence-electron chi connectivity index (χ1n) is 7.92. The normalized spacial score (nSPS) is 12.8. The first kappa shape index (κ1) is 16.5. The number of hydrogen-bond acceptors (Lipinski definition) is 3. The molecule has 1 aliphatic heterocycles. The average Bonchev–Trinajstić information content (AvgIpc) is 3.02. The van der Waals surface area contributed by atoms with Crippen molar-refractivity contribution >= 4 is 29.2 Å². The number of amides is 1. The molecule has 1 aliphatic rings. The van der Waals surface area contributed by atoms with Crippen molar-refractivity contribution in [3.8, 4) is 0 Å². The van der Waals surface area contributed by atoms with E-state index in [1.807, 2.05) is 42.5 Å². The topological polar surface area (TPSA) is 46.6 Å². The molecule has 0 N–H and O–H groups in total. The van der Waals surface area contributed by atoms with Gasteiger partial charge in [-0.3, -0.25) is 9.59 Å². The molecular weight excluding hydrogens is 326 g/mol. The van der Waals surface area contributed by atoms with Crippen LogP contribution >= 0.6 is 11.6 Å². The van der Waals surface area contributed by atoms with Gasteiger partial charge in [0.05, 0.1) is 0 Å². The standard InChI is InChI=1S/C19H18ClNO3/c20-16-6-3-4-14(12-16)8-9-19(23)24-13-18(22)21-11-10-15-5-1-2-7-17(15)21/h1-7,12H,8-11,13H2. The van der Waals surface area contributed by atoms with Gasteiger partial charge < -0.3 is 9.64 Å². The molecule has 0 saturated carbocycles. The second kappa shape index (κ2) is 7.49. The van der Waals surface area contributed by atoms with Crippen LogP contribution in [0.2, 0.25) is 5.02 Å². The molecule has 4 nitrogen and oxygen atoms in total. The fourth-order valence-electron chi connectivity index (χ4n) is 2.83. The lowest BCUT2D eigenvalue weighted by atomic mass is 10.1. The lowest BCUT2D eigenvalue weighted by Gasteiger charge is -2.17. The number of nitrogens with zero attached hydrogens (tertiary/aromatic N) is 1. The smallest absolute Gasteiger partial charge is 0.306 e. The van der Waals surface area contributed by atoms with Crippen molar-refractivity contribution in [3.05, 3.63) is 64.7 Å². The summed E-state index contributed by atoms with van der Waals surface area (Å²) in [4.78, 5) is 25.8. The van der Waals surface area contributed by atoms with Crippen LogP contribution in [0.25, 0.3) is 0 Å². The van der Waals surface area contributed by atoms with E-state index in [0.29, 0.717) is 18.0 Å². The summed E-state index contributed by atoms with van der Waals surface area (Å²) in [5.74, 6) is -0.563. The Balaban J connectivity index is 1.47. The summed E-state index contributed by atoms with van der Waals surface area (Å²) in [5, 5.41) is 0.642. The Hall–Kier alpha value is -2.33. The predicted octanol–water partition coefficient (Wildman–Crippen LogP) is 3.41. The van der Waals surface area contributed by atoms with Crippen LogP contribution in [-0.4, -0.2) is 25.0 Å². The number of carbonyl (C=O) groups excluding carboxylic acids is 2. The maximum absolute atomic E-state index is 12.3. The van der Waals surface area contributed by atoms with E-state index in [4.69, 9.17) is 16.3 Å². The van der Waals surface area contributed by atoms with Gasteiger partial charge in [-0.1, -0.05) is 41.9 Å². The molecule has 2 aromatic carbocycles. The zero-order valence-electron chi connectivity index (χ0n) is 13.2. The van der Waals surface area contributed by atoms with Gasteiger partial charge in [0.1, 0.15) is 0 Å². The van der Waals surface area contributed by atoms with Crippen LogP contribution < -0.4 is 4.90 Å². The molecule has 124 valence electrons. The van der Waals surface area contributed by atoms with E-state index in [1.54, 1.807) is 11.0 Å². The highest BCUT2D eigenvalue weighted by molar-refractivity contribution is 6.30. The molecule has 0 bridgehead atoms. The fourth-order valence-corrected chi connectivity index (χ4v) is 3.04. The summed E-state index contributed by atoms with van der Waals surface area (Å²) in [7, 11) is 0. The summed E-state index contributed by atoms with van der Waals surface area (Å²) in [5.41, 5.74) is 3.04. The van der Waals surface area contributed by atoms with Crippen LogP contribution in [0.4, 0.5) is 5.69 Å². The second-order valence-electron chi connectivity index (χ2n) is 5.71. The number of esters is 1. The van der Waals surface area contributed by atoms with E-state index in [-0.39, 0.29) is 24.9 Å². The summed E-state index contributed by atoms with van der Waals surface area (Å²) in [6.07, 6.45) is 1.61. The second-order valence-corrected chi connectivity index (χ2v) is 6.15. The van der Waals surface area contributed by atoms with E-state index in [2.05, 4.69) is 0 Å². The van der Waals surface area contributed by atoms with Crippen molar-refractivity contribution in [2.24, 2.45) is 0 Å². The minimum atomic E-state index is -0.379. The third kappa shape index (κ3) is 3.95. The highest BCUT2D eigenvalue weighted by Crippen LogP contribution is 2.27. The molecular formula is C19H18ClNO3. The number of anilines is 1. The van der Waals surface area contributed by atoms with Crippen LogP contribution in [0.3, 0.4) is 0 Å². The fraction of sp³-hybridized carbons (Fsp3) is 0.263. The molecule has 0 unspecified atom stereocenters. The summed E-state index contributed by atoms with van der Waals surface area (Å²) >= 11 is 5.91. The molecule has 1 heterocycles. The van der Waals surface area contributed by atoms with E-state index >= 15 is 0 Å². The Bertz CT molecular complexity index is 760. The summed E-state index contributed by atoms with van der Waals surface area (Å²) < 4.78 is 5.12. The van der Waals surface area contributed by atoms with Gasteiger partial charge in [0.2, 0.25) is 0 Å². The number of hydrogen-bond donors (Lipinski definition) is 0. The van der Waals surface area contributed by atoms with Crippen molar-refractivity contribution in [2.75, 3.05) is 18.1 Å². The quantitative estimate of drug-likeness (QED) is 0.782. The minimum Gasteiger partial charge on any atom is -0.456 e. The molecule has 1 amide bonds. The number of benzene rings is 2. The number of rotatable bonds is 5. The van der Waals surface area contributed by atoms with Gasteiger partial charge in [-0.05, 0) is 42.2 Å². The number of para-hydroxylation sites is 1. The Morgan fingerprint density at radius 3 is 2.79 bits per heavy atom. The highest BCUT2D eigenvalue weighted by atomic mass is 35.5. The molecule has 0 saturated heterocycles. The van der Waals surface area contributed by atoms with E-state index < -0.39 is 0 Å². The zero-order chi connectivity index (χ0) is 16.9. The van der Waals surface area contributed by atoms with Crippen molar-refractivity contribution in [1.29, 1.82) is 0 Å². The van der Waals surface area contributed by atoms with Gasteiger partial charge in [0.25, 0.3) is 5.91 Å². The minimum absolute atomic E-state index is 0.184. The van der Waals surface area contributed by atoms with Crippen molar-refractivity contribution in [1.82, 2.24) is 0 Å². The predicted molar refractivity (Wildman–Crippen MR) is 93.2 cm³/mol. The number of carbonyl (C=O) groups is 2. The Morgan fingerprint density at radius 2 is 1.96 bits per heavy atom. The Kier molecular flexibility index (Phi) is 5.16. The van der Waals surface area contributed by atoms with Gasteiger partial charge in [-0.2, -0.15) is 0 Å². The maximum Gasteiger partial charge on any atom is 0.306 e. The molecule has 0 aliphatic carbocycles. The number of fused-ring (bicyclic) bond motifs is 1. The molecule has 24 heavy (non-hydrogen) atoms. The lowest BCUT2D eigenvalue weighted by molar-refractivity contribution is -0.147. The molecule has 0 radical (unpaired) electrons. The average molecular weight is 344 g/mol. The third-order valence-corrected chi connectivity index (χ3v) is 4.29. The Morgan fingerprint density at radius 1 is 1.12 bits per heavy atom. The summed E-state index contributed by atoms with van der Waals surface area (Å²) in [6, 6.07) is 15.2. The number of ether oxygens (including phenoxy) is 1. The van der Waals surface area contributed by atoms with Crippen molar-refractivity contribution < 1.29 is 14.3 Å². The first-order valence-corrected chi connectivity index (χ1v) is 8.29. The summed E-state index contributed by atoms with van der Waals surface area (Å²) in [6.45, 7) is 0.418. The molecule has 2 aromatic rings. The molecule has 3 rings (SSSR count). The Labute approximate surface area is 146 Å². The van der Waals surface area contributed by atoms with Gasteiger partial charge >= 0.3 is 5.97 Å². The largest absolute Gasteiger partial charge is 0.456 e. The lowest BCUT2D eigenvalue weighted by Crippen LogP contribution is -2.33. The van der Waals surface area contributed by atoms with Gasteiger partial charge in [-0.25, -0.2) is 0 Å². The molecule has 5 heteroatoms. The van der Waals surface area contributed by atoms with Crippen LogP contribution in [0.5, 0.6) is 0 Å². The van der Waals surface area contributed by atoms with Crippen LogP contribution in [0.1, 0.15) is 17.5 Å². The van der Waals surface area contributed by atoms with Crippen LogP contribution in [-0.2, 0) is 27.2 Å².